The third-order valence-corrected chi connectivity index (χ3v) is 4.92. The lowest BCUT2D eigenvalue weighted by Crippen LogP contribution is -2.62. The minimum atomic E-state index is -0.664. The maximum Gasteiger partial charge on any atom is 0.407 e. The van der Waals surface area contributed by atoms with Gasteiger partial charge in [-0.3, -0.25) is 14.6 Å². The number of imide groups is 1. The molecule has 1 saturated heterocycles. The van der Waals surface area contributed by atoms with Crippen molar-refractivity contribution >= 4 is 23.7 Å². The van der Waals surface area contributed by atoms with E-state index < -0.39 is 12.1 Å². The Morgan fingerprint density at radius 1 is 1.08 bits per heavy atom. The van der Waals surface area contributed by atoms with Crippen LogP contribution in [0.3, 0.4) is 0 Å². The molecule has 2 aromatic rings. The zero-order valence-electron chi connectivity index (χ0n) is 14.3. The highest BCUT2D eigenvalue weighted by Crippen LogP contribution is 2.32. The Kier molecular flexibility index (Phi) is 3.09. The van der Waals surface area contributed by atoms with Crippen LogP contribution in [-0.2, 0) is 4.79 Å². The van der Waals surface area contributed by atoms with Crippen molar-refractivity contribution in [2.24, 2.45) is 4.99 Å². The van der Waals surface area contributed by atoms with Crippen molar-refractivity contribution in [1.82, 2.24) is 14.4 Å². The zero-order valence-corrected chi connectivity index (χ0v) is 14.3. The quantitative estimate of drug-likeness (QED) is 0.740. The third kappa shape index (κ3) is 1.90. The van der Waals surface area contributed by atoms with Crippen LogP contribution in [0.4, 0.5) is 15.1 Å². The molecule has 0 saturated carbocycles. The molecule has 2 aliphatic rings. The summed E-state index contributed by atoms with van der Waals surface area (Å²) in [7, 11) is 3.07. The number of amidine groups is 1. The van der Waals surface area contributed by atoms with Gasteiger partial charge in [-0.05, 0) is 38.1 Å². The first-order valence-electron chi connectivity index (χ1n) is 7.86. The van der Waals surface area contributed by atoms with Gasteiger partial charge >= 0.3 is 12.0 Å². The van der Waals surface area contributed by atoms with Gasteiger partial charge in [0.05, 0.1) is 0 Å². The molecule has 8 heteroatoms. The van der Waals surface area contributed by atoms with E-state index in [9.17, 15) is 14.0 Å². The van der Waals surface area contributed by atoms with Gasteiger partial charge in [0.15, 0.2) is 0 Å². The van der Waals surface area contributed by atoms with E-state index in [1.54, 1.807) is 19.2 Å². The average molecular weight is 342 g/mol. The average Bonchev–Trinajstić information content (AvgIpc) is 3.09. The fraction of sp³-hybridized carbons (Fsp3) is 0.294. The number of carbonyl (C=O) groups excluding carboxylic acids is 2. The number of halogens is 1. The van der Waals surface area contributed by atoms with Gasteiger partial charge in [0.2, 0.25) is 11.9 Å². The summed E-state index contributed by atoms with van der Waals surface area (Å²) >= 11 is 0. The van der Waals surface area contributed by atoms with E-state index in [1.807, 2.05) is 23.0 Å². The van der Waals surface area contributed by atoms with Crippen LogP contribution < -0.4 is 4.57 Å². The molecule has 0 aliphatic carbocycles. The predicted molar refractivity (Wildman–Crippen MR) is 87.5 cm³/mol. The number of imidazole rings is 1. The molecule has 0 spiro atoms. The maximum atomic E-state index is 13.3. The first-order valence-corrected chi connectivity index (χ1v) is 7.86. The minimum absolute atomic E-state index is 0.315. The van der Waals surface area contributed by atoms with Crippen molar-refractivity contribution in [3.63, 3.8) is 0 Å². The van der Waals surface area contributed by atoms with Crippen molar-refractivity contribution < 1.29 is 18.5 Å². The Morgan fingerprint density at radius 2 is 1.72 bits per heavy atom. The van der Waals surface area contributed by atoms with Gasteiger partial charge in [-0.1, -0.05) is 4.99 Å². The van der Waals surface area contributed by atoms with E-state index in [0.29, 0.717) is 11.8 Å². The molecular weight excluding hydrogens is 325 g/mol. The van der Waals surface area contributed by atoms with Crippen LogP contribution in [0.15, 0.2) is 29.3 Å². The number of hydrogen-bond donors (Lipinski definition) is 0. The van der Waals surface area contributed by atoms with Gasteiger partial charge in [-0.15, -0.1) is 0 Å². The number of amides is 3. The lowest BCUT2D eigenvalue weighted by atomic mass is 10.1. The number of carbonyl (C=O) groups is 2. The molecular formula is C17H17FN5O2+. The van der Waals surface area contributed by atoms with E-state index in [4.69, 9.17) is 0 Å². The molecule has 3 heterocycles. The lowest BCUT2D eigenvalue weighted by molar-refractivity contribution is -0.682. The number of hydrogen-bond acceptors (Lipinski definition) is 3. The first kappa shape index (κ1) is 15.5. The molecule has 0 radical (unpaired) electrons. The SMILES string of the molecule is Cc1c(C)[n+]2c(n1-c1ccc(F)cc1)N=C1C2C(=O)N(C)C(=O)N1C. The second-order valence-corrected chi connectivity index (χ2v) is 6.26. The highest BCUT2D eigenvalue weighted by Gasteiger charge is 2.53. The van der Waals surface area contributed by atoms with Gasteiger partial charge in [0, 0.05) is 14.1 Å². The summed E-state index contributed by atoms with van der Waals surface area (Å²) in [6, 6.07) is 5.01. The molecule has 0 N–H and O–H groups in total. The summed E-state index contributed by atoms with van der Waals surface area (Å²) in [5, 5.41) is 0. The molecule has 7 nitrogen and oxygen atoms in total. The van der Waals surface area contributed by atoms with Gasteiger partial charge in [0.25, 0.3) is 5.91 Å². The fourth-order valence-electron chi connectivity index (χ4n) is 3.42. The van der Waals surface area contributed by atoms with Crippen molar-refractivity contribution in [1.29, 1.82) is 0 Å². The van der Waals surface area contributed by atoms with Crippen LogP contribution in [0, 0.1) is 19.7 Å². The molecule has 25 heavy (non-hydrogen) atoms. The number of aromatic nitrogens is 2. The van der Waals surface area contributed by atoms with Gasteiger partial charge < -0.3 is 0 Å². The van der Waals surface area contributed by atoms with Crippen LogP contribution in [0.5, 0.6) is 0 Å². The summed E-state index contributed by atoms with van der Waals surface area (Å²) in [6.45, 7) is 3.83. The smallest absolute Gasteiger partial charge is 0.270 e. The maximum absolute atomic E-state index is 13.3. The molecule has 3 amide bonds. The number of urea groups is 1. The van der Waals surface area contributed by atoms with Crippen molar-refractivity contribution in [2.75, 3.05) is 14.1 Å². The predicted octanol–water partition coefficient (Wildman–Crippen LogP) is 1.63. The zero-order chi connectivity index (χ0) is 18.0. The molecule has 128 valence electrons. The van der Waals surface area contributed by atoms with Crippen LogP contribution >= 0.6 is 0 Å². The number of aliphatic imine (C=N–C) groups is 1. The number of benzene rings is 1. The number of rotatable bonds is 1. The molecule has 4 rings (SSSR count). The largest absolute Gasteiger partial charge is 0.407 e. The summed E-state index contributed by atoms with van der Waals surface area (Å²) in [5.74, 6) is 0.314. The fourth-order valence-corrected chi connectivity index (χ4v) is 3.42. The highest BCUT2D eigenvalue weighted by atomic mass is 19.1. The normalized spacial score (nSPS) is 19.2. The highest BCUT2D eigenvalue weighted by molar-refractivity contribution is 6.18. The second kappa shape index (κ2) is 4.98. The summed E-state index contributed by atoms with van der Waals surface area (Å²) in [5.41, 5.74) is 2.51. The van der Waals surface area contributed by atoms with Crippen molar-refractivity contribution in [3.8, 4) is 5.69 Å². The summed E-state index contributed by atoms with van der Waals surface area (Å²) < 4.78 is 17.0. The topological polar surface area (TPSA) is 61.8 Å². The number of fused-ring (bicyclic) bond motifs is 3. The molecule has 1 aromatic carbocycles. The number of nitrogens with zero attached hydrogens (tertiary/aromatic N) is 5. The first-order chi connectivity index (χ1) is 11.8. The molecule has 1 atom stereocenters. The standard InChI is InChI=1S/C17H17FN5O2/c1-9-10(2)23-13-14(20(3)17(25)21(4)15(13)24)19-16(23)22(9)12-7-5-11(18)6-8-12/h5-8,13H,1-4H3/q+1. The van der Waals surface area contributed by atoms with Gasteiger partial charge in [0.1, 0.15) is 22.9 Å². The van der Waals surface area contributed by atoms with E-state index >= 15 is 0 Å². The third-order valence-electron chi connectivity index (χ3n) is 4.92. The van der Waals surface area contributed by atoms with Gasteiger partial charge in [-0.2, -0.15) is 4.57 Å². The molecule has 2 aliphatic heterocycles. The van der Waals surface area contributed by atoms with E-state index in [0.717, 1.165) is 22.0 Å². The summed E-state index contributed by atoms with van der Waals surface area (Å²) in [4.78, 5) is 32.0. The Bertz CT molecular complexity index is 960. The van der Waals surface area contributed by atoms with Crippen LogP contribution in [0.1, 0.15) is 17.4 Å². The molecule has 1 unspecified atom stereocenters. The Balaban J connectivity index is 1.96. The van der Waals surface area contributed by atoms with Crippen molar-refractivity contribution in [2.45, 2.75) is 19.9 Å². The van der Waals surface area contributed by atoms with E-state index in [2.05, 4.69) is 4.99 Å². The Morgan fingerprint density at radius 3 is 2.36 bits per heavy atom. The van der Waals surface area contributed by atoms with E-state index in [-0.39, 0.29) is 11.7 Å². The minimum Gasteiger partial charge on any atom is -0.270 e. The van der Waals surface area contributed by atoms with Crippen molar-refractivity contribution in [3.05, 3.63) is 41.5 Å². The van der Waals surface area contributed by atoms with E-state index in [1.165, 1.54) is 24.1 Å². The lowest BCUT2D eigenvalue weighted by Gasteiger charge is -2.30. The van der Waals surface area contributed by atoms with Crippen LogP contribution in [-0.4, -0.2) is 46.2 Å². The van der Waals surface area contributed by atoms with Gasteiger partial charge in [-0.25, -0.2) is 13.8 Å². The Hall–Kier alpha value is -3.03. The number of likely N-dealkylation sites (N-methyl/N-ethyl adjacent to an activating group) is 2. The van der Waals surface area contributed by atoms with Crippen LogP contribution in [0.2, 0.25) is 0 Å². The summed E-state index contributed by atoms with van der Waals surface area (Å²) in [6.07, 6.45) is 0. The molecule has 0 bridgehead atoms. The molecule has 1 aromatic heterocycles. The molecule has 1 fully saturated rings. The van der Waals surface area contributed by atoms with Crippen LogP contribution in [0.25, 0.3) is 5.69 Å². The second-order valence-electron chi connectivity index (χ2n) is 6.26. The Labute approximate surface area is 143 Å². The monoisotopic (exact) mass is 342 g/mol.